The highest BCUT2D eigenvalue weighted by Crippen LogP contribution is 2.27. The fraction of sp³-hybridized carbons (Fsp3) is 0.600. The number of hydrogen-bond donors (Lipinski definition) is 1. The van der Waals surface area contributed by atoms with E-state index in [1.165, 1.54) is 0 Å². The minimum Gasteiger partial charge on any atom is -0.388 e. The topological polar surface area (TPSA) is 52.7 Å². The maximum absolute atomic E-state index is 13.0. The molecule has 1 aliphatic rings. The van der Waals surface area contributed by atoms with Gasteiger partial charge in [-0.25, -0.2) is 8.42 Å². The molecular formula is C15H25N3O2S. The molecule has 0 radical (unpaired) electrons. The smallest absolute Gasteiger partial charge is 0.243 e. The van der Waals surface area contributed by atoms with Crippen molar-refractivity contribution in [1.29, 1.82) is 0 Å². The van der Waals surface area contributed by atoms with Crippen molar-refractivity contribution in [1.82, 2.24) is 9.21 Å². The molecule has 1 N–H and O–H groups in total. The Labute approximate surface area is 128 Å². The monoisotopic (exact) mass is 311 g/mol. The first-order chi connectivity index (χ1) is 9.86. The average Bonchev–Trinajstić information content (AvgIpc) is 2.62. The Morgan fingerprint density at radius 3 is 2.24 bits per heavy atom. The number of anilines is 1. The molecule has 0 unspecified atom stereocenters. The fourth-order valence-corrected chi connectivity index (χ4v) is 4.78. The predicted molar refractivity (Wildman–Crippen MR) is 86.3 cm³/mol. The van der Waals surface area contributed by atoms with Gasteiger partial charge in [0.25, 0.3) is 0 Å². The number of likely N-dealkylation sites (N-methyl/N-ethyl adjacent to an activating group) is 1. The molecule has 6 heteroatoms. The van der Waals surface area contributed by atoms with Gasteiger partial charge in [0.05, 0.1) is 4.90 Å². The molecule has 0 amide bonds. The van der Waals surface area contributed by atoms with E-state index in [1.54, 1.807) is 4.31 Å². The molecule has 0 atom stereocenters. The summed E-state index contributed by atoms with van der Waals surface area (Å²) in [5.74, 6) is 0. The Bertz CT molecular complexity index is 590. The van der Waals surface area contributed by atoms with Gasteiger partial charge in [0.1, 0.15) is 0 Å². The Balaban J connectivity index is 2.39. The van der Waals surface area contributed by atoms with Gasteiger partial charge >= 0.3 is 0 Å². The molecule has 1 aromatic carbocycles. The molecule has 118 valence electrons. The third kappa shape index (κ3) is 3.39. The van der Waals surface area contributed by atoms with Crippen LogP contribution in [0.1, 0.15) is 17.5 Å². The molecule has 0 bridgehead atoms. The lowest BCUT2D eigenvalue weighted by Crippen LogP contribution is -2.35. The van der Waals surface area contributed by atoms with E-state index in [4.69, 9.17) is 0 Å². The molecule has 1 aromatic rings. The summed E-state index contributed by atoms with van der Waals surface area (Å²) in [7, 11) is 0.460. The summed E-state index contributed by atoms with van der Waals surface area (Å²) in [6.45, 7) is 6.62. The van der Waals surface area contributed by atoms with Gasteiger partial charge in [-0.15, -0.1) is 0 Å². The van der Waals surface area contributed by atoms with Crippen LogP contribution >= 0.6 is 0 Å². The molecule has 1 heterocycles. The van der Waals surface area contributed by atoms with E-state index in [2.05, 4.69) is 10.2 Å². The van der Waals surface area contributed by atoms with E-state index in [0.29, 0.717) is 18.0 Å². The Kier molecular flexibility index (Phi) is 4.91. The van der Waals surface area contributed by atoms with Crippen LogP contribution in [-0.2, 0) is 10.0 Å². The summed E-state index contributed by atoms with van der Waals surface area (Å²) >= 11 is 0. The van der Waals surface area contributed by atoms with E-state index in [9.17, 15) is 8.42 Å². The summed E-state index contributed by atoms with van der Waals surface area (Å²) in [6, 6.07) is 3.79. The third-order valence-electron chi connectivity index (χ3n) is 4.03. The van der Waals surface area contributed by atoms with Gasteiger partial charge in [-0.3, -0.25) is 0 Å². The van der Waals surface area contributed by atoms with Crippen molar-refractivity contribution >= 4 is 15.7 Å². The Hall–Kier alpha value is -1.11. The molecule has 0 spiro atoms. The molecular weight excluding hydrogens is 286 g/mol. The largest absolute Gasteiger partial charge is 0.388 e. The number of aryl methyl sites for hydroxylation is 2. The summed E-state index contributed by atoms with van der Waals surface area (Å²) < 4.78 is 27.6. The number of rotatable bonds is 3. The van der Waals surface area contributed by atoms with E-state index >= 15 is 0 Å². The van der Waals surface area contributed by atoms with Gasteiger partial charge in [-0.1, -0.05) is 0 Å². The van der Waals surface area contributed by atoms with Gasteiger partial charge in [0, 0.05) is 32.4 Å². The second kappa shape index (κ2) is 6.34. The molecule has 5 nitrogen and oxygen atoms in total. The van der Waals surface area contributed by atoms with Crippen LogP contribution in [0.5, 0.6) is 0 Å². The maximum atomic E-state index is 13.0. The zero-order valence-corrected chi connectivity index (χ0v) is 14.1. The van der Waals surface area contributed by atoms with Crippen LogP contribution < -0.4 is 5.32 Å². The van der Waals surface area contributed by atoms with Gasteiger partial charge in [0.2, 0.25) is 10.0 Å². The zero-order chi connectivity index (χ0) is 15.6. The number of hydrogen-bond acceptors (Lipinski definition) is 4. The van der Waals surface area contributed by atoms with Crippen LogP contribution in [0.2, 0.25) is 0 Å². The molecule has 0 aromatic heterocycles. The van der Waals surface area contributed by atoms with Crippen molar-refractivity contribution in [2.75, 3.05) is 45.6 Å². The summed E-state index contributed by atoms with van der Waals surface area (Å²) in [5, 5.41) is 3.07. The fourth-order valence-electron chi connectivity index (χ4n) is 2.89. The SMILES string of the molecule is CNc1cc(C)c(S(=O)(=O)N2CCCN(C)CC2)c(C)c1. The molecule has 1 saturated heterocycles. The lowest BCUT2D eigenvalue weighted by Gasteiger charge is -2.23. The Morgan fingerprint density at radius 2 is 1.67 bits per heavy atom. The van der Waals surface area contributed by atoms with Crippen molar-refractivity contribution in [2.24, 2.45) is 0 Å². The molecule has 0 saturated carbocycles. The van der Waals surface area contributed by atoms with Crippen LogP contribution in [0.4, 0.5) is 5.69 Å². The van der Waals surface area contributed by atoms with Crippen LogP contribution in [0.15, 0.2) is 17.0 Å². The van der Waals surface area contributed by atoms with E-state index in [1.807, 2.05) is 40.1 Å². The standard InChI is InChI=1S/C15H25N3O2S/c1-12-10-14(16-3)11-13(2)15(12)21(19,20)18-7-5-6-17(4)8-9-18/h10-11,16H,5-9H2,1-4H3. The first kappa shape index (κ1) is 16.3. The lowest BCUT2D eigenvalue weighted by molar-refractivity contribution is 0.347. The summed E-state index contributed by atoms with van der Waals surface area (Å²) in [6.07, 6.45) is 0.877. The second-order valence-electron chi connectivity index (χ2n) is 5.75. The third-order valence-corrected chi connectivity index (χ3v) is 6.23. The van der Waals surface area contributed by atoms with Crippen molar-refractivity contribution in [3.63, 3.8) is 0 Å². The lowest BCUT2D eigenvalue weighted by atomic mass is 10.1. The van der Waals surface area contributed by atoms with Gasteiger partial charge in [-0.05, 0) is 57.1 Å². The second-order valence-corrected chi connectivity index (χ2v) is 7.62. The highest BCUT2D eigenvalue weighted by Gasteiger charge is 2.29. The van der Waals surface area contributed by atoms with Crippen LogP contribution in [0.25, 0.3) is 0 Å². The average molecular weight is 311 g/mol. The van der Waals surface area contributed by atoms with Crippen LogP contribution in [0.3, 0.4) is 0 Å². The molecule has 1 aliphatic heterocycles. The Morgan fingerprint density at radius 1 is 1.05 bits per heavy atom. The zero-order valence-electron chi connectivity index (χ0n) is 13.3. The van der Waals surface area contributed by atoms with E-state index in [0.717, 1.165) is 36.3 Å². The summed E-state index contributed by atoms with van der Waals surface area (Å²) in [4.78, 5) is 2.64. The number of nitrogens with one attached hydrogen (secondary N) is 1. The van der Waals surface area contributed by atoms with E-state index in [-0.39, 0.29) is 0 Å². The molecule has 21 heavy (non-hydrogen) atoms. The molecule has 1 fully saturated rings. The summed E-state index contributed by atoms with van der Waals surface area (Å²) in [5.41, 5.74) is 2.55. The van der Waals surface area contributed by atoms with Crippen LogP contribution in [0, 0.1) is 13.8 Å². The highest BCUT2D eigenvalue weighted by atomic mass is 32.2. The minimum atomic E-state index is -3.42. The minimum absolute atomic E-state index is 0.464. The maximum Gasteiger partial charge on any atom is 0.243 e. The van der Waals surface area contributed by atoms with Gasteiger partial charge in [0.15, 0.2) is 0 Å². The molecule has 0 aliphatic carbocycles. The molecule has 2 rings (SSSR count). The van der Waals surface area contributed by atoms with Crippen molar-refractivity contribution in [3.8, 4) is 0 Å². The van der Waals surface area contributed by atoms with Crippen molar-refractivity contribution in [3.05, 3.63) is 23.3 Å². The van der Waals surface area contributed by atoms with Gasteiger partial charge < -0.3 is 10.2 Å². The number of nitrogens with zero attached hydrogens (tertiary/aromatic N) is 2. The van der Waals surface area contributed by atoms with Gasteiger partial charge in [-0.2, -0.15) is 4.31 Å². The number of benzene rings is 1. The highest BCUT2D eigenvalue weighted by molar-refractivity contribution is 7.89. The van der Waals surface area contributed by atoms with E-state index < -0.39 is 10.0 Å². The van der Waals surface area contributed by atoms with Crippen LogP contribution in [-0.4, -0.2) is 57.9 Å². The first-order valence-corrected chi connectivity index (χ1v) is 8.78. The predicted octanol–water partition coefficient (Wildman–Crippen LogP) is 1.67. The number of sulfonamides is 1. The first-order valence-electron chi connectivity index (χ1n) is 7.34. The van der Waals surface area contributed by atoms with Crippen molar-refractivity contribution < 1.29 is 8.42 Å². The normalized spacial score (nSPS) is 18.5. The quantitative estimate of drug-likeness (QED) is 0.922. The van der Waals surface area contributed by atoms with Crippen molar-refractivity contribution in [2.45, 2.75) is 25.2 Å².